The number of carbonyl (C=O) groups is 1. The second kappa shape index (κ2) is 4.75. The average molecular weight is 202 g/mol. The zero-order valence-electron chi connectivity index (χ0n) is 8.78. The van der Waals surface area contributed by atoms with Gasteiger partial charge in [-0.1, -0.05) is 0 Å². The van der Waals surface area contributed by atoms with Crippen LogP contribution in [-0.4, -0.2) is 30.6 Å². The SMILES string of the molecule is CCOC(OCC)C1(CC(=O)O)CC1. The molecular formula is C10H18O4. The van der Waals surface area contributed by atoms with Gasteiger partial charge in [-0.05, 0) is 26.7 Å². The molecule has 0 aliphatic heterocycles. The Morgan fingerprint density at radius 1 is 1.36 bits per heavy atom. The number of rotatable bonds is 7. The quantitative estimate of drug-likeness (QED) is 0.638. The molecule has 0 atom stereocenters. The van der Waals surface area contributed by atoms with Gasteiger partial charge in [-0.15, -0.1) is 0 Å². The summed E-state index contributed by atoms with van der Waals surface area (Å²) in [7, 11) is 0. The van der Waals surface area contributed by atoms with E-state index in [-0.39, 0.29) is 18.1 Å². The Kier molecular flexibility index (Phi) is 3.89. The Morgan fingerprint density at radius 2 is 1.86 bits per heavy atom. The molecule has 0 heterocycles. The largest absolute Gasteiger partial charge is 0.481 e. The van der Waals surface area contributed by atoms with Gasteiger partial charge in [0.25, 0.3) is 0 Å². The van der Waals surface area contributed by atoms with Gasteiger partial charge >= 0.3 is 5.97 Å². The van der Waals surface area contributed by atoms with E-state index in [1.807, 2.05) is 13.8 Å². The van der Waals surface area contributed by atoms with Crippen LogP contribution in [0.2, 0.25) is 0 Å². The first-order valence-electron chi connectivity index (χ1n) is 5.09. The van der Waals surface area contributed by atoms with Crippen LogP contribution in [0, 0.1) is 5.41 Å². The summed E-state index contributed by atoms with van der Waals surface area (Å²) < 4.78 is 10.8. The average Bonchev–Trinajstić information content (AvgIpc) is 2.84. The van der Waals surface area contributed by atoms with Crippen LogP contribution in [0.3, 0.4) is 0 Å². The Hall–Kier alpha value is -0.610. The van der Waals surface area contributed by atoms with E-state index in [1.165, 1.54) is 0 Å². The summed E-state index contributed by atoms with van der Waals surface area (Å²) in [5.74, 6) is -0.771. The monoisotopic (exact) mass is 202 g/mol. The van der Waals surface area contributed by atoms with Crippen molar-refractivity contribution in [2.45, 2.75) is 39.4 Å². The molecule has 0 aromatic rings. The van der Waals surface area contributed by atoms with Gasteiger partial charge in [0.1, 0.15) is 0 Å². The van der Waals surface area contributed by atoms with Crippen LogP contribution in [0.25, 0.3) is 0 Å². The minimum Gasteiger partial charge on any atom is -0.481 e. The summed E-state index contributed by atoms with van der Waals surface area (Å²) in [5.41, 5.74) is -0.252. The van der Waals surface area contributed by atoms with Crippen molar-refractivity contribution in [1.29, 1.82) is 0 Å². The smallest absolute Gasteiger partial charge is 0.304 e. The zero-order chi connectivity index (χ0) is 10.6. The third kappa shape index (κ3) is 2.69. The first-order chi connectivity index (χ1) is 6.64. The number of carboxylic acids is 1. The highest BCUT2D eigenvalue weighted by Gasteiger charge is 2.52. The van der Waals surface area contributed by atoms with E-state index < -0.39 is 5.97 Å². The molecule has 82 valence electrons. The summed E-state index contributed by atoms with van der Waals surface area (Å²) >= 11 is 0. The molecule has 1 saturated carbocycles. The van der Waals surface area contributed by atoms with Crippen LogP contribution in [0.4, 0.5) is 0 Å². The lowest BCUT2D eigenvalue weighted by molar-refractivity contribution is -0.182. The van der Waals surface area contributed by atoms with E-state index in [9.17, 15) is 4.79 Å². The fourth-order valence-electron chi connectivity index (χ4n) is 1.66. The molecule has 0 radical (unpaired) electrons. The Bertz CT molecular complexity index is 192. The molecule has 14 heavy (non-hydrogen) atoms. The van der Waals surface area contributed by atoms with Crippen molar-refractivity contribution in [2.24, 2.45) is 5.41 Å². The van der Waals surface area contributed by atoms with E-state index >= 15 is 0 Å². The molecule has 0 aromatic heterocycles. The van der Waals surface area contributed by atoms with E-state index in [0.29, 0.717) is 13.2 Å². The Morgan fingerprint density at radius 3 is 2.14 bits per heavy atom. The standard InChI is InChI=1S/C10H18O4/c1-3-13-9(14-4-2)10(5-6-10)7-8(11)12/h9H,3-7H2,1-2H3,(H,11,12). The third-order valence-electron chi connectivity index (χ3n) is 2.53. The number of carboxylic acid groups (broad SMARTS) is 1. The molecule has 1 aliphatic carbocycles. The van der Waals surface area contributed by atoms with Crippen LogP contribution in [0.5, 0.6) is 0 Å². The van der Waals surface area contributed by atoms with Crippen LogP contribution < -0.4 is 0 Å². The molecule has 4 heteroatoms. The molecule has 0 spiro atoms. The van der Waals surface area contributed by atoms with Crippen molar-refractivity contribution in [1.82, 2.24) is 0 Å². The Labute approximate surface area is 84.2 Å². The molecule has 1 aliphatic rings. The summed E-state index contributed by atoms with van der Waals surface area (Å²) in [5, 5.41) is 8.76. The second-order valence-electron chi connectivity index (χ2n) is 3.68. The maximum Gasteiger partial charge on any atom is 0.304 e. The van der Waals surface area contributed by atoms with Crippen molar-refractivity contribution < 1.29 is 19.4 Å². The highest BCUT2D eigenvalue weighted by atomic mass is 16.7. The third-order valence-corrected chi connectivity index (χ3v) is 2.53. The van der Waals surface area contributed by atoms with Crippen LogP contribution in [0.1, 0.15) is 33.1 Å². The molecule has 0 bridgehead atoms. The summed E-state index contributed by atoms with van der Waals surface area (Å²) in [6.45, 7) is 4.91. The van der Waals surface area contributed by atoms with Crippen LogP contribution in [-0.2, 0) is 14.3 Å². The highest BCUT2D eigenvalue weighted by molar-refractivity contribution is 5.68. The van der Waals surface area contributed by atoms with Gasteiger partial charge in [-0.2, -0.15) is 0 Å². The number of ether oxygens (including phenoxy) is 2. The summed E-state index contributed by atoms with van der Waals surface area (Å²) in [6.07, 6.45) is 1.60. The normalized spacial score (nSPS) is 18.5. The summed E-state index contributed by atoms with van der Waals surface area (Å²) in [6, 6.07) is 0. The fourth-order valence-corrected chi connectivity index (χ4v) is 1.66. The maximum atomic E-state index is 10.7. The number of aliphatic carboxylic acids is 1. The van der Waals surface area contributed by atoms with Crippen LogP contribution >= 0.6 is 0 Å². The number of hydrogen-bond donors (Lipinski definition) is 1. The van der Waals surface area contributed by atoms with Gasteiger partial charge in [0.2, 0.25) is 0 Å². The van der Waals surface area contributed by atoms with Crippen molar-refractivity contribution in [3.63, 3.8) is 0 Å². The van der Waals surface area contributed by atoms with Gasteiger partial charge in [0.15, 0.2) is 6.29 Å². The summed E-state index contributed by atoms with van der Waals surface area (Å²) in [4.78, 5) is 10.7. The number of hydrogen-bond acceptors (Lipinski definition) is 3. The molecule has 0 amide bonds. The highest BCUT2D eigenvalue weighted by Crippen LogP contribution is 2.53. The van der Waals surface area contributed by atoms with Crippen LogP contribution in [0.15, 0.2) is 0 Å². The zero-order valence-corrected chi connectivity index (χ0v) is 8.78. The van der Waals surface area contributed by atoms with Crippen molar-refractivity contribution >= 4 is 5.97 Å². The van der Waals surface area contributed by atoms with Gasteiger partial charge in [-0.25, -0.2) is 0 Å². The minimum absolute atomic E-state index is 0.150. The predicted octanol–water partition coefficient (Wildman–Crippen LogP) is 1.64. The maximum absolute atomic E-state index is 10.7. The van der Waals surface area contributed by atoms with Crippen molar-refractivity contribution in [3.8, 4) is 0 Å². The lowest BCUT2D eigenvalue weighted by atomic mass is 10.0. The first-order valence-corrected chi connectivity index (χ1v) is 5.09. The van der Waals surface area contributed by atoms with Gasteiger partial charge < -0.3 is 14.6 Å². The van der Waals surface area contributed by atoms with E-state index in [1.54, 1.807) is 0 Å². The van der Waals surface area contributed by atoms with Crippen molar-refractivity contribution in [2.75, 3.05) is 13.2 Å². The molecule has 1 N–H and O–H groups in total. The predicted molar refractivity (Wildman–Crippen MR) is 51.0 cm³/mol. The molecule has 1 rings (SSSR count). The van der Waals surface area contributed by atoms with Gasteiger partial charge in [-0.3, -0.25) is 4.79 Å². The molecule has 0 unspecified atom stereocenters. The first kappa shape index (κ1) is 11.5. The van der Waals surface area contributed by atoms with E-state index in [2.05, 4.69) is 0 Å². The Balaban J connectivity index is 2.52. The minimum atomic E-state index is -0.771. The molecule has 4 nitrogen and oxygen atoms in total. The van der Waals surface area contributed by atoms with E-state index in [0.717, 1.165) is 12.8 Å². The molecule has 1 fully saturated rings. The molecule has 0 saturated heterocycles. The fraction of sp³-hybridized carbons (Fsp3) is 0.900. The second-order valence-corrected chi connectivity index (χ2v) is 3.68. The lowest BCUT2D eigenvalue weighted by Crippen LogP contribution is -2.30. The molecule has 0 aromatic carbocycles. The van der Waals surface area contributed by atoms with Gasteiger partial charge in [0.05, 0.1) is 6.42 Å². The van der Waals surface area contributed by atoms with Gasteiger partial charge in [0, 0.05) is 18.6 Å². The lowest BCUT2D eigenvalue weighted by Gasteiger charge is -2.25. The topological polar surface area (TPSA) is 55.8 Å². The van der Waals surface area contributed by atoms with E-state index in [4.69, 9.17) is 14.6 Å². The van der Waals surface area contributed by atoms with Crippen molar-refractivity contribution in [3.05, 3.63) is 0 Å². The molecular weight excluding hydrogens is 184 g/mol.